The van der Waals surface area contributed by atoms with Gasteiger partial charge in [0.05, 0.1) is 17.7 Å². The van der Waals surface area contributed by atoms with Crippen molar-refractivity contribution in [2.45, 2.75) is 19.4 Å². The van der Waals surface area contributed by atoms with Crippen LogP contribution >= 0.6 is 0 Å². The molecular formula is C13H17N3. The van der Waals surface area contributed by atoms with Crippen molar-refractivity contribution in [1.29, 1.82) is 5.26 Å². The Balaban J connectivity index is 2.14. The third-order valence-electron chi connectivity index (χ3n) is 2.99. The average Bonchev–Trinajstić information content (AvgIpc) is 2.26. The minimum Gasteiger partial charge on any atom is -0.366 e. The van der Waals surface area contributed by atoms with Crippen LogP contribution in [-0.4, -0.2) is 25.7 Å². The molecule has 1 aromatic rings. The van der Waals surface area contributed by atoms with Crippen molar-refractivity contribution in [3.8, 4) is 6.07 Å². The van der Waals surface area contributed by atoms with Crippen LogP contribution in [0.15, 0.2) is 24.3 Å². The van der Waals surface area contributed by atoms with Gasteiger partial charge in [0.2, 0.25) is 0 Å². The van der Waals surface area contributed by atoms with Crippen LogP contribution in [0.2, 0.25) is 0 Å². The summed E-state index contributed by atoms with van der Waals surface area (Å²) in [5, 5.41) is 12.1. The van der Waals surface area contributed by atoms with Crippen molar-refractivity contribution in [3.63, 3.8) is 0 Å². The molecule has 3 nitrogen and oxygen atoms in total. The van der Waals surface area contributed by atoms with E-state index in [4.69, 9.17) is 5.26 Å². The van der Waals surface area contributed by atoms with E-state index >= 15 is 0 Å². The molecule has 2 rings (SSSR count). The highest BCUT2D eigenvalue weighted by molar-refractivity contribution is 5.51. The van der Waals surface area contributed by atoms with Crippen molar-refractivity contribution < 1.29 is 0 Å². The molecule has 3 heteroatoms. The van der Waals surface area contributed by atoms with E-state index in [-0.39, 0.29) is 0 Å². The lowest BCUT2D eigenvalue weighted by atomic mass is 10.1. The van der Waals surface area contributed by atoms with Gasteiger partial charge in [0.25, 0.3) is 0 Å². The van der Waals surface area contributed by atoms with Gasteiger partial charge in [0.15, 0.2) is 0 Å². The molecule has 1 N–H and O–H groups in total. The first-order valence-corrected chi connectivity index (χ1v) is 5.82. The van der Waals surface area contributed by atoms with Gasteiger partial charge in [-0.2, -0.15) is 5.26 Å². The molecule has 0 unspecified atom stereocenters. The molecule has 84 valence electrons. The molecule has 0 aliphatic carbocycles. The van der Waals surface area contributed by atoms with Crippen molar-refractivity contribution in [2.75, 3.05) is 24.5 Å². The van der Waals surface area contributed by atoms with Crippen LogP contribution in [0.3, 0.4) is 0 Å². The highest BCUT2D eigenvalue weighted by Gasteiger charge is 2.23. The first-order chi connectivity index (χ1) is 7.85. The lowest BCUT2D eigenvalue weighted by molar-refractivity contribution is 0.412. The minimum absolute atomic E-state index is 0.618. The summed E-state index contributed by atoms with van der Waals surface area (Å²) in [5.74, 6) is 0. The van der Waals surface area contributed by atoms with Crippen LogP contribution in [0.25, 0.3) is 0 Å². The third-order valence-corrected chi connectivity index (χ3v) is 2.99. The number of benzene rings is 1. The first kappa shape index (κ1) is 11.0. The normalized spacial score (nSPS) is 15.2. The smallest absolute Gasteiger partial charge is 0.0991 e. The fourth-order valence-corrected chi connectivity index (χ4v) is 1.98. The number of hydrogen-bond acceptors (Lipinski definition) is 3. The van der Waals surface area contributed by atoms with E-state index in [9.17, 15) is 0 Å². The number of nitrogens with zero attached hydrogens (tertiary/aromatic N) is 2. The Bertz CT molecular complexity index is 373. The summed E-state index contributed by atoms with van der Waals surface area (Å²) in [6, 6.07) is 10.7. The lowest BCUT2D eigenvalue weighted by Crippen LogP contribution is -2.57. The zero-order chi connectivity index (χ0) is 11.4. The van der Waals surface area contributed by atoms with Gasteiger partial charge >= 0.3 is 0 Å². The molecule has 16 heavy (non-hydrogen) atoms. The van der Waals surface area contributed by atoms with Gasteiger partial charge in [-0.15, -0.1) is 0 Å². The molecule has 1 heterocycles. The van der Waals surface area contributed by atoms with Gasteiger partial charge in [-0.1, -0.05) is 6.92 Å². The van der Waals surface area contributed by atoms with E-state index in [1.54, 1.807) is 0 Å². The predicted octanol–water partition coefficient (Wildman–Crippen LogP) is 1.75. The van der Waals surface area contributed by atoms with Crippen LogP contribution in [0.1, 0.15) is 18.9 Å². The minimum atomic E-state index is 0.618. The second-order valence-electron chi connectivity index (χ2n) is 4.16. The molecule has 1 aliphatic heterocycles. The predicted molar refractivity (Wildman–Crippen MR) is 65.5 cm³/mol. The summed E-state index contributed by atoms with van der Waals surface area (Å²) in [6.07, 6.45) is 1.15. The number of nitriles is 1. The lowest BCUT2D eigenvalue weighted by Gasteiger charge is -2.39. The Morgan fingerprint density at radius 3 is 2.50 bits per heavy atom. The summed E-state index contributed by atoms with van der Waals surface area (Å²) in [4.78, 5) is 2.43. The zero-order valence-corrected chi connectivity index (χ0v) is 9.61. The summed E-state index contributed by atoms with van der Waals surface area (Å²) < 4.78 is 0. The fourth-order valence-electron chi connectivity index (χ4n) is 1.98. The van der Waals surface area contributed by atoms with E-state index in [0.717, 1.165) is 31.6 Å². The van der Waals surface area contributed by atoms with E-state index in [1.165, 1.54) is 5.69 Å². The molecular weight excluding hydrogens is 198 g/mol. The van der Waals surface area contributed by atoms with E-state index < -0.39 is 0 Å². The summed E-state index contributed by atoms with van der Waals surface area (Å²) in [5.41, 5.74) is 1.96. The summed E-state index contributed by atoms with van der Waals surface area (Å²) in [6.45, 7) is 5.42. The van der Waals surface area contributed by atoms with Gasteiger partial charge in [0.1, 0.15) is 0 Å². The van der Waals surface area contributed by atoms with Crippen molar-refractivity contribution in [1.82, 2.24) is 5.32 Å². The Kier molecular flexibility index (Phi) is 3.43. The van der Waals surface area contributed by atoms with Crippen molar-refractivity contribution in [2.24, 2.45) is 0 Å². The van der Waals surface area contributed by atoms with Gasteiger partial charge in [-0.25, -0.2) is 0 Å². The number of anilines is 1. The van der Waals surface area contributed by atoms with E-state index in [2.05, 4.69) is 23.2 Å². The number of rotatable bonds is 4. The standard InChI is InChI=1S/C13H17N3/c1-2-7-16(13-9-15-10-13)12-5-3-11(8-14)4-6-12/h3-6,13,15H,2,7,9-10H2,1H3. The Morgan fingerprint density at radius 2 is 2.06 bits per heavy atom. The molecule has 1 aromatic carbocycles. The van der Waals surface area contributed by atoms with Gasteiger partial charge in [-0.05, 0) is 30.7 Å². The Morgan fingerprint density at radius 1 is 1.38 bits per heavy atom. The molecule has 0 atom stereocenters. The monoisotopic (exact) mass is 215 g/mol. The van der Waals surface area contributed by atoms with Crippen molar-refractivity contribution >= 4 is 5.69 Å². The number of nitrogens with one attached hydrogen (secondary N) is 1. The first-order valence-electron chi connectivity index (χ1n) is 5.82. The SMILES string of the molecule is CCCN(c1ccc(C#N)cc1)C1CNC1. The molecule has 1 saturated heterocycles. The van der Waals surface area contributed by atoms with E-state index in [0.29, 0.717) is 6.04 Å². The molecule has 1 fully saturated rings. The fraction of sp³-hybridized carbons (Fsp3) is 0.462. The zero-order valence-electron chi connectivity index (χ0n) is 9.61. The maximum Gasteiger partial charge on any atom is 0.0991 e. The second-order valence-corrected chi connectivity index (χ2v) is 4.16. The van der Waals surface area contributed by atoms with Crippen molar-refractivity contribution in [3.05, 3.63) is 29.8 Å². The molecule has 0 aromatic heterocycles. The molecule has 0 saturated carbocycles. The molecule has 1 aliphatic rings. The van der Waals surface area contributed by atoms with Crippen LogP contribution in [0.4, 0.5) is 5.69 Å². The summed E-state index contributed by atoms with van der Waals surface area (Å²) in [7, 11) is 0. The largest absolute Gasteiger partial charge is 0.366 e. The van der Waals surface area contributed by atoms with Gasteiger partial charge < -0.3 is 10.2 Å². The molecule has 0 bridgehead atoms. The second kappa shape index (κ2) is 5.00. The summed E-state index contributed by atoms with van der Waals surface area (Å²) >= 11 is 0. The van der Waals surface area contributed by atoms with Crippen LogP contribution in [0, 0.1) is 11.3 Å². The topological polar surface area (TPSA) is 39.1 Å². The third kappa shape index (κ3) is 2.17. The maximum absolute atomic E-state index is 8.76. The maximum atomic E-state index is 8.76. The molecule has 0 amide bonds. The number of hydrogen-bond donors (Lipinski definition) is 1. The van der Waals surface area contributed by atoms with Crippen LogP contribution < -0.4 is 10.2 Å². The Hall–Kier alpha value is -1.53. The van der Waals surface area contributed by atoms with Crippen LogP contribution in [0.5, 0.6) is 0 Å². The van der Waals surface area contributed by atoms with Gasteiger partial charge in [-0.3, -0.25) is 0 Å². The quantitative estimate of drug-likeness (QED) is 0.831. The molecule has 0 spiro atoms. The average molecular weight is 215 g/mol. The Labute approximate surface area is 96.7 Å². The van der Waals surface area contributed by atoms with Gasteiger partial charge in [0, 0.05) is 25.3 Å². The highest BCUT2D eigenvalue weighted by Crippen LogP contribution is 2.20. The van der Waals surface area contributed by atoms with E-state index in [1.807, 2.05) is 24.3 Å². The van der Waals surface area contributed by atoms with Crippen LogP contribution in [-0.2, 0) is 0 Å². The highest BCUT2D eigenvalue weighted by atomic mass is 15.2. The molecule has 0 radical (unpaired) electrons.